The van der Waals surface area contributed by atoms with Gasteiger partial charge in [0.05, 0.1) is 50.2 Å². The predicted molar refractivity (Wildman–Crippen MR) is 303 cm³/mol. The molecule has 2 aliphatic heterocycles. The highest BCUT2D eigenvalue weighted by Crippen LogP contribution is 2.57. The van der Waals surface area contributed by atoms with Crippen molar-refractivity contribution < 1.29 is 0 Å². The van der Waals surface area contributed by atoms with Gasteiger partial charge in [-0.05, 0) is 150 Å². The van der Waals surface area contributed by atoms with E-state index in [0.717, 1.165) is 0 Å². The van der Waals surface area contributed by atoms with E-state index in [1.165, 1.54) is 133 Å². The van der Waals surface area contributed by atoms with Crippen molar-refractivity contribution in [2.75, 3.05) is 0 Å². The van der Waals surface area contributed by atoms with Crippen molar-refractivity contribution in [1.82, 2.24) is 13.7 Å². The summed E-state index contributed by atoms with van der Waals surface area (Å²) >= 11 is 0. The van der Waals surface area contributed by atoms with Gasteiger partial charge in [-0.25, -0.2) is 0 Å². The highest BCUT2D eigenvalue weighted by molar-refractivity contribution is 6.16. The Morgan fingerprint density at radius 3 is 0.857 bits per heavy atom. The fourth-order valence-corrected chi connectivity index (χ4v) is 12.2. The summed E-state index contributed by atoms with van der Waals surface area (Å²) in [5.41, 5.74) is 23.8. The van der Waals surface area contributed by atoms with Crippen LogP contribution in [0.5, 0.6) is 0 Å². The first kappa shape index (κ1) is 45.1. The maximum atomic E-state index is 2.68. The van der Waals surface area contributed by atoms with Gasteiger partial charge in [0.2, 0.25) is 0 Å². The summed E-state index contributed by atoms with van der Waals surface area (Å²) in [5.74, 6) is 0.0216. The van der Waals surface area contributed by atoms with Gasteiger partial charge in [0, 0.05) is 43.8 Å². The number of hydrogen-bond donors (Lipinski definition) is 0. The molecule has 5 heterocycles. The summed E-state index contributed by atoms with van der Waals surface area (Å²) in [5, 5.41) is 8.00. The SMILES string of the molecule is CC(C)(C)c1ccc2c(c1)c1cc(C(C)(C)C)ccc1n2-c1cc2c3c(c1)-n1c4ccc(C(C)(C)C)cc4c4cc(C(C)(C)C)cc(c41)C3c1cc(C(C)(C)C)cc3c4cc(C(C)(C)C)ccc4n-2c13. The van der Waals surface area contributed by atoms with Crippen molar-refractivity contribution in [1.29, 1.82) is 0 Å². The average Bonchev–Trinajstić information content (AvgIpc) is 3.89. The van der Waals surface area contributed by atoms with Crippen molar-refractivity contribution in [2.45, 2.75) is 163 Å². The molecule has 10 aromatic rings. The molecular formula is C67H73N3. The Hall–Kier alpha value is -6.06. The molecule has 12 rings (SSSR count). The molecule has 7 aromatic carbocycles. The van der Waals surface area contributed by atoms with Crippen LogP contribution in [-0.4, -0.2) is 13.7 Å². The summed E-state index contributed by atoms with van der Waals surface area (Å²) in [7, 11) is 0. The van der Waals surface area contributed by atoms with Crippen molar-refractivity contribution in [2.24, 2.45) is 0 Å². The maximum absolute atomic E-state index is 2.68. The van der Waals surface area contributed by atoms with E-state index in [1.54, 1.807) is 0 Å². The van der Waals surface area contributed by atoms with Crippen LogP contribution in [-0.2, 0) is 32.5 Å². The molecule has 3 heteroatoms. The predicted octanol–water partition coefficient (Wildman–Crippen LogP) is 18.6. The topological polar surface area (TPSA) is 14.8 Å². The second-order valence-corrected chi connectivity index (χ2v) is 27.7. The Kier molecular flexibility index (Phi) is 8.94. The van der Waals surface area contributed by atoms with Crippen LogP contribution < -0.4 is 0 Å². The van der Waals surface area contributed by atoms with E-state index in [1.807, 2.05) is 0 Å². The summed E-state index contributed by atoms with van der Waals surface area (Å²) in [6, 6.07) is 44.6. The molecule has 0 saturated heterocycles. The molecular weight excluding hydrogens is 847 g/mol. The second-order valence-electron chi connectivity index (χ2n) is 27.7. The lowest BCUT2D eigenvalue weighted by Crippen LogP contribution is -2.24. The minimum Gasteiger partial charge on any atom is -0.309 e. The van der Waals surface area contributed by atoms with Gasteiger partial charge >= 0.3 is 0 Å². The van der Waals surface area contributed by atoms with E-state index in [2.05, 4.69) is 248 Å². The van der Waals surface area contributed by atoms with Gasteiger partial charge in [-0.1, -0.05) is 161 Å². The van der Waals surface area contributed by atoms with Crippen LogP contribution in [0.1, 0.15) is 181 Å². The third-order valence-electron chi connectivity index (χ3n) is 16.5. The molecule has 0 amide bonds. The standard InChI is InChI=1S/C67H73N3/c1-62(2,3)37-19-23-52-44(27-37)45-28-38(63(4,5)6)20-24-53(45)68(52)43-35-56-59-57(36-43)70-55-26-22-40(65(10,11)12)30-47(55)49-32-42(67(16,17)18)34-51(61(49)70)58(59)50-33-41(66(13,14)15)31-48-46-29-39(64(7,8)9)21-25-54(46)69(56)60(48)50/h19-36,58H,1-18H3. The summed E-state index contributed by atoms with van der Waals surface area (Å²) in [6.07, 6.45) is 0. The van der Waals surface area contributed by atoms with Crippen molar-refractivity contribution in [3.63, 3.8) is 0 Å². The van der Waals surface area contributed by atoms with Crippen molar-refractivity contribution in [3.05, 3.63) is 159 Å². The number of rotatable bonds is 1. The first-order valence-electron chi connectivity index (χ1n) is 26.0. The third kappa shape index (κ3) is 6.38. The Bertz CT molecular complexity index is 3670. The minimum atomic E-state index is -0.0561. The monoisotopic (exact) mass is 920 g/mol. The molecule has 0 aliphatic carbocycles. The molecule has 0 bridgehead atoms. The molecule has 3 nitrogen and oxygen atoms in total. The first-order valence-corrected chi connectivity index (χ1v) is 26.0. The molecule has 0 atom stereocenters. The Morgan fingerprint density at radius 1 is 0.286 bits per heavy atom. The third-order valence-corrected chi connectivity index (χ3v) is 16.5. The molecule has 2 aliphatic rings. The zero-order valence-corrected chi connectivity index (χ0v) is 45.3. The maximum Gasteiger partial charge on any atom is 0.0583 e. The van der Waals surface area contributed by atoms with Crippen LogP contribution >= 0.6 is 0 Å². The zero-order valence-electron chi connectivity index (χ0n) is 45.3. The number of benzene rings is 7. The van der Waals surface area contributed by atoms with Gasteiger partial charge in [0.1, 0.15) is 0 Å². The Labute approximate surface area is 416 Å². The highest BCUT2D eigenvalue weighted by atomic mass is 15.1. The Morgan fingerprint density at radius 2 is 0.557 bits per heavy atom. The van der Waals surface area contributed by atoms with Crippen LogP contribution in [0.15, 0.2) is 109 Å². The Balaban J connectivity index is 1.31. The molecule has 70 heavy (non-hydrogen) atoms. The summed E-state index contributed by atoms with van der Waals surface area (Å²) < 4.78 is 7.95. The second kappa shape index (κ2) is 13.9. The van der Waals surface area contributed by atoms with Crippen LogP contribution in [0.25, 0.3) is 82.5 Å². The molecule has 0 fully saturated rings. The van der Waals surface area contributed by atoms with E-state index < -0.39 is 0 Å². The largest absolute Gasteiger partial charge is 0.309 e. The van der Waals surface area contributed by atoms with Gasteiger partial charge in [-0.3, -0.25) is 0 Å². The number of hydrogen-bond acceptors (Lipinski definition) is 0. The number of fused-ring (bicyclic) bond motifs is 13. The van der Waals surface area contributed by atoms with E-state index in [4.69, 9.17) is 0 Å². The first-order chi connectivity index (χ1) is 32.5. The molecule has 0 spiro atoms. The van der Waals surface area contributed by atoms with E-state index in [9.17, 15) is 0 Å². The number of nitrogens with zero attached hydrogens (tertiary/aromatic N) is 3. The van der Waals surface area contributed by atoms with Gasteiger partial charge in [-0.15, -0.1) is 0 Å². The van der Waals surface area contributed by atoms with E-state index in [0.29, 0.717) is 0 Å². The van der Waals surface area contributed by atoms with Gasteiger partial charge in [-0.2, -0.15) is 0 Å². The lowest BCUT2D eigenvalue weighted by atomic mass is 9.74. The smallest absolute Gasteiger partial charge is 0.0583 e. The molecule has 0 unspecified atom stereocenters. The van der Waals surface area contributed by atoms with Gasteiger partial charge in [0.15, 0.2) is 0 Å². The number of aromatic nitrogens is 3. The summed E-state index contributed by atoms with van der Waals surface area (Å²) in [4.78, 5) is 0. The lowest BCUT2D eigenvalue weighted by molar-refractivity contribution is 0.588. The fourth-order valence-electron chi connectivity index (χ4n) is 12.2. The zero-order chi connectivity index (χ0) is 49.9. The van der Waals surface area contributed by atoms with Crippen LogP contribution in [0.2, 0.25) is 0 Å². The van der Waals surface area contributed by atoms with Crippen LogP contribution in [0, 0.1) is 0 Å². The van der Waals surface area contributed by atoms with Gasteiger partial charge < -0.3 is 13.7 Å². The molecule has 3 aromatic heterocycles. The van der Waals surface area contributed by atoms with Crippen molar-refractivity contribution in [3.8, 4) is 17.1 Å². The molecule has 0 radical (unpaired) electrons. The molecule has 0 saturated carbocycles. The van der Waals surface area contributed by atoms with Crippen molar-refractivity contribution >= 4 is 65.4 Å². The quantitative estimate of drug-likeness (QED) is 0.156. The minimum absolute atomic E-state index is 0.00362. The normalized spacial score (nSPS) is 14.7. The average molecular weight is 920 g/mol. The van der Waals surface area contributed by atoms with E-state index in [-0.39, 0.29) is 38.4 Å². The summed E-state index contributed by atoms with van der Waals surface area (Å²) in [6.45, 7) is 42.4. The van der Waals surface area contributed by atoms with E-state index >= 15 is 0 Å². The van der Waals surface area contributed by atoms with Gasteiger partial charge in [0.25, 0.3) is 0 Å². The van der Waals surface area contributed by atoms with Crippen LogP contribution in [0.3, 0.4) is 0 Å². The lowest BCUT2D eigenvalue weighted by Gasteiger charge is -2.37. The fraction of sp³-hybridized carbons (Fsp3) is 0.373. The molecule has 356 valence electrons. The van der Waals surface area contributed by atoms with Crippen LogP contribution in [0.4, 0.5) is 0 Å². The highest BCUT2D eigenvalue weighted by Gasteiger charge is 2.41. The molecule has 0 N–H and O–H groups in total.